The minimum absolute atomic E-state index is 0.123. The van der Waals surface area contributed by atoms with Gasteiger partial charge in [0.15, 0.2) is 17.6 Å². The van der Waals surface area contributed by atoms with E-state index < -0.39 is 5.97 Å². The molecule has 1 aliphatic heterocycles. The molecular formula is C11H12O5. The van der Waals surface area contributed by atoms with Gasteiger partial charge in [0.05, 0.1) is 19.3 Å². The fourth-order valence-corrected chi connectivity index (χ4v) is 1.45. The molecule has 0 saturated carbocycles. The third kappa shape index (κ3) is 1.94. The number of hydrogen-bond donors (Lipinski definition) is 1. The molecule has 5 nitrogen and oxygen atoms in total. The molecule has 1 aromatic rings. The van der Waals surface area contributed by atoms with Crippen molar-refractivity contribution in [3.63, 3.8) is 0 Å². The van der Waals surface area contributed by atoms with Crippen LogP contribution in [-0.4, -0.2) is 37.5 Å². The summed E-state index contributed by atoms with van der Waals surface area (Å²) in [7, 11) is 1.32. The first-order valence-corrected chi connectivity index (χ1v) is 4.87. The zero-order valence-electron chi connectivity index (χ0n) is 8.80. The molecule has 0 radical (unpaired) electrons. The molecule has 1 N–H and O–H groups in total. The van der Waals surface area contributed by atoms with Crippen molar-refractivity contribution in [1.82, 2.24) is 0 Å². The molecule has 86 valence electrons. The summed E-state index contributed by atoms with van der Waals surface area (Å²) in [5.74, 6) is 0.586. The molecule has 0 bridgehead atoms. The Morgan fingerprint density at radius 2 is 2.38 bits per heavy atom. The summed E-state index contributed by atoms with van der Waals surface area (Å²) in [6.07, 6.45) is -0.389. The highest BCUT2D eigenvalue weighted by molar-refractivity contribution is 5.90. The lowest BCUT2D eigenvalue weighted by Gasteiger charge is -2.25. The average molecular weight is 224 g/mol. The predicted molar refractivity (Wildman–Crippen MR) is 54.8 cm³/mol. The Labute approximate surface area is 92.5 Å². The van der Waals surface area contributed by atoms with E-state index in [4.69, 9.17) is 14.6 Å². The maximum absolute atomic E-state index is 11.3. The number of carbonyl (C=O) groups excluding carboxylic acids is 1. The molecule has 0 saturated heterocycles. The molecule has 1 aromatic carbocycles. The van der Waals surface area contributed by atoms with Crippen molar-refractivity contribution >= 4 is 5.97 Å². The highest BCUT2D eigenvalue weighted by Crippen LogP contribution is 2.32. The quantitative estimate of drug-likeness (QED) is 0.745. The van der Waals surface area contributed by atoms with Crippen LogP contribution in [-0.2, 0) is 4.74 Å². The number of rotatable bonds is 2. The number of benzene rings is 1. The largest absolute Gasteiger partial charge is 0.486 e. The Morgan fingerprint density at radius 3 is 3.06 bits per heavy atom. The van der Waals surface area contributed by atoms with Crippen molar-refractivity contribution in [2.75, 3.05) is 20.3 Å². The van der Waals surface area contributed by atoms with E-state index in [0.29, 0.717) is 23.7 Å². The van der Waals surface area contributed by atoms with Gasteiger partial charge in [-0.05, 0) is 18.2 Å². The first-order chi connectivity index (χ1) is 7.74. The Hall–Kier alpha value is -1.75. The van der Waals surface area contributed by atoms with Crippen LogP contribution in [0.3, 0.4) is 0 Å². The first kappa shape index (κ1) is 10.8. The lowest BCUT2D eigenvalue weighted by molar-refractivity contribution is 0.0450. The van der Waals surface area contributed by atoms with Crippen LogP contribution in [0.25, 0.3) is 0 Å². The minimum Gasteiger partial charge on any atom is -0.486 e. The van der Waals surface area contributed by atoms with E-state index in [1.807, 2.05) is 0 Å². The van der Waals surface area contributed by atoms with Crippen LogP contribution in [0.1, 0.15) is 10.4 Å². The number of aliphatic hydroxyl groups is 1. The van der Waals surface area contributed by atoms with Crippen LogP contribution in [0.2, 0.25) is 0 Å². The molecule has 0 spiro atoms. The third-order valence-corrected chi connectivity index (χ3v) is 2.29. The van der Waals surface area contributed by atoms with Crippen LogP contribution in [0, 0.1) is 0 Å². The van der Waals surface area contributed by atoms with Gasteiger partial charge in [0, 0.05) is 0 Å². The van der Waals surface area contributed by atoms with Gasteiger partial charge in [-0.25, -0.2) is 4.79 Å². The van der Waals surface area contributed by atoms with E-state index in [9.17, 15) is 4.79 Å². The number of hydrogen-bond acceptors (Lipinski definition) is 5. The smallest absolute Gasteiger partial charge is 0.337 e. The number of aliphatic hydroxyl groups excluding tert-OH is 1. The van der Waals surface area contributed by atoms with E-state index in [-0.39, 0.29) is 12.7 Å². The van der Waals surface area contributed by atoms with Crippen LogP contribution >= 0.6 is 0 Å². The van der Waals surface area contributed by atoms with Gasteiger partial charge in [-0.15, -0.1) is 0 Å². The Kier molecular flexibility index (Phi) is 2.96. The standard InChI is InChI=1S/C11H12O5/c1-14-11(13)7-2-3-9-10(4-7)16-8(5-12)6-15-9/h2-4,8,12H,5-6H2,1H3. The lowest BCUT2D eigenvalue weighted by atomic mass is 10.2. The van der Waals surface area contributed by atoms with Gasteiger partial charge in [0.1, 0.15) is 6.61 Å². The van der Waals surface area contributed by atoms with Crippen molar-refractivity contribution in [3.8, 4) is 11.5 Å². The Morgan fingerprint density at radius 1 is 1.56 bits per heavy atom. The van der Waals surface area contributed by atoms with Gasteiger partial charge in [-0.2, -0.15) is 0 Å². The number of esters is 1. The maximum Gasteiger partial charge on any atom is 0.337 e. The number of fused-ring (bicyclic) bond motifs is 1. The predicted octanol–water partition coefficient (Wildman–Crippen LogP) is 0.605. The normalized spacial score (nSPS) is 18.0. The maximum atomic E-state index is 11.3. The lowest BCUT2D eigenvalue weighted by Crippen LogP contribution is -2.32. The summed E-state index contributed by atoms with van der Waals surface area (Å²) >= 11 is 0. The van der Waals surface area contributed by atoms with Crippen molar-refractivity contribution in [2.24, 2.45) is 0 Å². The molecule has 2 rings (SSSR count). The van der Waals surface area contributed by atoms with Crippen molar-refractivity contribution < 1.29 is 24.1 Å². The summed E-state index contributed by atoms with van der Waals surface area (Å²) in [5.41, 5.74) is 0.392. The molecule has 16 heavy (non-hydrogen) atoms. The van der Waals surface area contributed by atoms with Crippen LogP contribution in [0.15, 0.2) is 18.2 Å². The monoisotopic (exact) mass is 224 g/mol. The summed E-state index contributed by atoms with van der Waals surface area (Å²) in [6, 6.07) is 4.80. The van der Waals surface area contributed by atoms with Crippen LogP contribution in [0.4, 0.5) is 0 Å². The molecule has 0 amide bonds. The van der Waals surface area contributed by atoms with Crippen LogP contribution < -0.4 is 9.47 Å². The third-order valence-electron chi connectivity index (χ3n) is 2.29. The van der Waals surface area contributed by atoms with Gasteiger partial charge in [0.2, 0.25) is 0 Å². The van der Waals surface area contributed by atoms with E-state index in [1.165, 1.54) is 7.11 Å². The summed E-state index contributed by atoms with van der Waals surface area (Å²) in [6.45, 7) is 0.183. The molecular weight excluding hydrogens is 212 g/mol. The van der Waals surface area contributed by atoms with E-state index >= 15 is 0 Å². The first-order valence-electron chi connectivity index (χ1n) is 4.87. The number of carbonyl (C=O) groups is 1. The number of methoxy groups -OCH3 is 1. The van der Waals surface area contributed by atoms with Gasteiger partial charge in [-0.1, -0.05) is 0 Å². The molecule has 5 heteroatoms. The van der Waals surface area contributed by atoms with Gasteiger partial charge < -0.3 is 19.3 Å². The summed E-state index contributed by atoms with van der Waals surface area (Å²) in [5, 5.41) is 8.94. The molecule has 1 unspecified atom stereocenters. The Balaban J connectivity index is 2.27. The van der Waals surface area contributed by atoms with E-state index in [1.54, 1.807) is 18.2 Å². The van der Waals surface area contributed by atoms with E-state index in [0.717, 1.165) is 0 Å². The second-order valence-electron chi connectivity index (χ2n) is 3.39. The topological polar surface area (TPSA) is 65.0 Å². The summed E-state index contributed by atoms with van der Waals surface area (Å²) in [4.78, 5) is 11.3. The van der Waals surface area contributed by atoms with Gasteiger partial charge >= 0.3 is 5.97 Å². The van der Waals surface area contributed by atoms with Gasteiger partial charge in [-0.3, -0.25) is 0 Å². The second-order valence-corrected chi connectivity index (χ2v) is 3.39. The molecule has 1 atom stereocenters. The minimum atomic E-state index is -0.433. The van der Waals surface area contributed by atoms with E-state index in [2.05, 4.69) is 4.74 Å². The molecule has 0 fully saturated rings. The SMILES string of the molecule is COC(=O)c1ccc2c(c1)OC(CO)CO2. The van der Waals surface area contributed by atoms with Gasteiger partial charge in [0.25, 0.3) is 0 Å². The van der Waals surface area contributed by atoms with Crippen molar-refractivity contribution in [1.29, 1.82) is 0 Å². The van der Waals surface area contributed by atoms with Crippen molar-refractivity contribution in [2.45, 2.75) is 6.10 Å². The summed E-state index contributed by atoms with van der Waals surface area (Å²) < 4.78 is 15.4. The van der Waals surface area contributed by atoms with Crippen molar-refractivity contribution in [3.05, 3.63) is 23.8 Å². The average Bonchev–Trinajstić information content (AvgIpc) is 2.36. The second kappa shape index (κ2) is 4.40. The fourth-order valence-electron chi connectivity index (χ4n) is 1.45. The molecule has 1 aliphatic rings. The molecule has 0 aliphatic carbocycles. The highest BCUT2D eigenvalue weighted by atomic mass is 16.6. The molecule has 1 heterocycles. The number of ether oxygens (including phenoxy) is 3. The fraction of sp³-hybridized carbons (Fsp3) is 0.364. The molecule has 0 aromatic heterocycles. The Bertz CT molecular complexity index is 401. The highest BCUT2D eigenvalue weighted by Gasteiger charge is 2.21. The zero-order chi connectivity index (χ0) is 11.5. The van der Waals surface area contributed by atoms with Crippen LogP contribution in [0.5, 0.6) is 11.5 Å². The zero-order valence-corrected chi connectivity index (χ0v) is 8.80.